The number of rotatable bonds is 7. The summed E-state index contributed by atoms with van der Waals surface area (Å²) in [6.07, 6.45) is 5.85. The highest BCUT2D eigenvalue weighted by atomic mass is 32.8. The molecule has 2 aromatic heterocycles. The number of carbonyl (C=O) groups is 2. The molecule has 1 atom stereocenters. The Bertz CT molecular complexity index is 1170. The molecular weight excluding hydrogens is 440 g/mol. The molecule has 0 saturated heterocycles. The van der Waals surface area contributed by atoms with Crippen molar-refractivity contribution in [3.05, 3.63) is 65.7 Å². The number of nitrogens with zero attached hydrogens (tertiary/aromatic N) is 2. The average Bonchev–Trinajstić information content (AvgIpc) is 3.28. The molecule has 0 bridgehead atoms. The van der Waals surface area contributed by atoms with Crippen LogP contribution in [0.1, 0.15) is 40.4 Å². The summed E-state index contributed by atoms with van der Waals surface area (Å²) in [5.74, 6) is -0.266. The van der Waals surface area contributed by atoms with E-state index in [1.165, 1.54) is 0 Å². The maximum absolute atomic E-state index is 12.7. The fourth-order valence-corrected chi connectivity index (χ4v) is 3.78. The van der Waals surface area contributed by atoms with Crippen molar-refractivity contribution in [1.82, 2.24) is 14.5 Å². The van der Waals surface area contributed by atoms with E-state index in [1.807, 2.05) is 85.2 Å². The Balaban J connectivity index is 1.70. The first-order valence-corrected chi connectivity index (χ1v) is 12.9. The van der Waals surface area contributed by atoms with Crippen LogP contribution in [-0.4, -0.2) is 38.5 Å². The van der Waals surface area contributed by atoms with E-state index in [2.05, 4.69) is 24.5 Å². The lowest BCUT2D eigenvalue weighted by Gasteiger charge is -2.24. The van der Waals surface area contributed by atoms with Crippen molar-refractivity contribution >= 4 is 38.1 Å². The predicted molar refractivity (Wildman–Crippen MR) is 136 cm³/mol. The number of benzene rings is 1. The van der Waals surface area contributed by atoms with Crippen LogP contribution in [0.5, 0.6) is 0 Å². The molecule has 0 aliphatic carbocycles. The van der Waals surface area contributed by atoms with E-state index in [1.54, 1.807) is 0 Å². The molecule has 1 unspecified atom stereocenters. The summed E-state index contributed by atoms with van der Waals surface area (Å²) in [5.41, 5.74) is 4.86. The average molecular weight is 471 g/mol. The Morgan fingerprint density at radius 2 is 1.56 bits per heavy atom. The van der Waals surface area contributed by atoms with Crippen molar-refractivity contribution in [2.45, 2.75) is 25.5 Å². The largest absolute Gasteiger partial charge is 0.349 e. The fourth-order valence-electron chi connectivity index (χ4n) is 3.33. The van der Waals surface area contributed by atoms with Crippen LogP contribution >= 0.6 is 0 Å². The molecule has 3 rings (SSSR count). The van der Waals surface area contributed by atoms with Gasteiger partial charge in [-0.3, -0.25) is 9.59 Å². The van der Waals surface area contributed by atoms with Gasteiger partial charge in [0.15, 0.2) is 0 Å². The molecule has 0 spiro atoms. The van der Waals surface area contributed by atoms with Gasteiger partial charge in [0, 0.05) is 49.0 Å². The number of aryl methyl sites for hydroxylation is 3. The number of amides is 2. The second kappa shape index (κ2) is 9.42. The predicted octanol–water partition coefficient (Wildman–Crippen LogP) is 3.81. The van der Waals surface area contributed by atoms with E-state index in [9.17, 15) is 9.59 Å². The standard InChI is InChI=1S/C24H30N4O2S2/c1-16-11-20(27(4)13-16)23(30)26-19-9-7-17(8-10-19)18-12-21(28(5)14-18)22(29)25-15-24(2,3)32(6)31/h7-14H,15H2,1-6H3,(H,25,29)(H,26,30). The lowest BCUT2D eigenvalue weighted by molar-refractivity contribution is 0.0942. The summed E-state index contributed by atoms with van der Waals surface area (Å²) in [7, 11) is 3.50. The number of hydrogen-bond donors (Lipinski definition) is 2. The summed E-state index contributed by atoms with van der Waals surface area (Å²) in [5, 5.41) is 5.94. The normalized spacial score (nSPS) is 12.4. The first-order valence-electron chi connectivity index (χ1n) is 10.3. The van der Waals surface area contributed by atoms with Gasteiger partial charge < -0.3 is 19.8 Å². The molecule has 2 heterocycles. The minimum absolute atomic E-state index is 0.117. The van der Waals surface area contributed by atoms with Crippen LogP contribution < -0.4 is 10.6 Å². The third-order valence-electron chi connectivity index (χ3n) is 5.54. The molecule has 8 heteroatoms. The Kier molecular flexibility index (Phi) is 7.05. The number of anilines is 1. The lowest BCUT2D eigenvalue weighted by Crippen LogP contribution is -2.41. The van der Waals surface area contributed by atoms with Crippen LogP contribution in [0, 0.1) is 6.92 Å². The summed E-state index contributed by atoms with van der Waals surface area (Å²) >= 11 is 5.39. The molecule has 0 radical (unpaired) electrons. The Morgan fingerprint density at radius 3 is 2.12 bits per heavy atom. The highest BCUT2D eigenvalue weighted by Gasteiger charge is 2.22. The Hall–Kier alpha value is -2.71. The van der Waals surface area contributed by atoms with E-state index in [0.717, 1.165) is 16.7 Å². The molecule has 1 aromatic carbocycles. The Labute approximate surface area is 196 Å². The first kappa shape index (κ1) is 23.9. The van der Waals surface area contributed by atoms with Gasteiger partial charge in [0.2, 0.25) is 0 Å². The van der Waals surface area contributed by atoms with E-state index in [-0.39, 0.29) is 26.0 Å². The second-order valence-electron chi connectivity index (χ2n) is 8.67. The van der Waals surface area contributed by atoms with Crippen LogP contribution in [0.4, 0.5) is 5.69 Å². The van der Waals surface area contributed by atoms with Crippen molar-refractivity contribution in [3.63, 3.8) is 0 Å². The topological polar surface area (TPSA) is 68.1 Å². The number of aromatic nitrogens is 2. The summed E-state index contributed by atoms with van der Waals surface area (Å²) in [6, 6.07) is 11.3. The lowest BCUT2D eigenvalue weighted by atomic mass is 10.1. The fraction of sp³-hybridized carbons (Fsp3) is 0.333. The first-order chi connectivity index (χ1) is 15.0. The number of carbonyl (C=O) groups excluding carboxylic acids is 2. The third-order valence-corrected chi connectivity index (χ3v) is 8.60. The van der Waals surface area contributed by atoms with Gasteiger partial charge in [-0.15, -0.1) is 9.45 Å². The molecule has 2 N–H and O–H groups in total. The minimum atomic E-state index is -0.217. The van der Waals surface area contributed by atoms with Crippen molar-refractivity contribution in [1.29, 1.82) is 0 Å². The Morgan fingerprint density at radius 1 is 0.969 bits per heavy atom. The third kappa shape index (κ3) is 5.37. The van der Waals surface area contributed by atoms with Gasteiger partial charge in [0.25, 0.3) is 11.8 Å². The zero-order valence-electron chi connectivity index (χ0n) is 19.4. The maximum Gasteiger partial charge on any atom is 0.272 e. The molecule has 0 saturated carbocycles. The van der Waals surface area contributed by atoms with Gasteiger partial charge in [-0.2, -0.15) is 0 Å². The van der Waals surface area contributed by atoms with Crippen LogP contribution in [-0.2, 0) is 34.7 Å². The molecule has 0 fully saturated rings. The zero-order chi connectivity index (χ0) is 23.6. The molecule has 0 aliphatic heterocycles. The van der Waals surface area contributed by atoms with Crippen LogP contribution in [0.2, 0.25) is 0 Å². The second-order valence-corrected chi connectivity index (χ2v) is 12.2. The van der Waals surface area contributed by atoms with Gasteiger partial charge in [-0.1, -0.05) is 23.3 Å². The minimum Gasteiger partial charge on any atom is -0.349 e. The van der Waals surface area contributed by atoms with Gasteiger partial charge in [-0.25, -0.2) is 0 Å². The SMILES string of the molecule is Cc1cc(C(=O)Nc2ccc(-c3cc(C(=O)NCC(C)(C)S(C)=S)n(C)c3)cc2)n(C)c1. The van der Waals surface area contributed by atoms with E-state index in [4.69, 9.17) is 11.2 Å². The van der Waals surface area contributed by atoms with E-state index in [0.29, 0.717) is 23.6 Å². The van der Waals surface area contributed by atoms with Crippen LogP contribution in [0.3, 0.4) is 0 Å². The zero-order valence-corrected chi connectivity index (χ0v) is 21.0. The highest BCUT2D eigenvalue weighted by molar-refractivity contribution is 8.29. The quantitative estimate of drug-likeness (QED) is 0.552. The number of hydrogen-bond acceptors (Lipinski definition) is 3. The summed E-state index contributed by atoms with van der Waals surface area (Å²) in [4.78, 5) is 25.2. The molecule has 0 aliphatic rings. The van der Waals surface area contributed by atoms with Gasteiger partial charge in [0.1, 0.15) is 11.4 Å². The molecule has 2 amide bonds. The van der Waals surface area contributed by atoms with Gasteiger partial charge in [-0.05, 0) is 62.4 Å². The van der Waals surface area contributed by atoms with Crippen LogP contribution in [0.25, 0.3) is 11.1 Å². The van der Waals surface area contributed by atoms with Crippen molar-refractivity contribution in [2.24, 2.45) is 14.1 Å². The molecule has 6 nitrogen and oxygen atoms in total. The van der Waals surface area contributed by atoms with Crippen molar-refractivity contribution in [3.8, 4) is 11.1 Å². The van der Waals surface area contributed by atoms with Crippen LogP contribution in [0.15, 0.2) is 48.8 Å². The number of nitrogens with one attached hydrogen (secondary N) is 2. The molecule has 3 aromatic rings. The van der Waals surface area contributed by atoms with Gasteiger partial charge >= 0.3 is 0 Å². The van der Waals surface area contributed by atoms with Crippen molar-refractivity contribution < 1.29 is 9.59 Å². The highest BCUT2D eigenvalue weighted by Crippen LogP contribution is 2.24. The van der Waals surface area contributed by atoms with E-state index < -0.39 is 0 Å². The molecular formula is C24H30N4O2S2. The molecule has 32 heavy (non-hydrogen) atoms. The van der Waals surface area contributed by atoms with Crippen molar-refractivity contribution in [2.75, 3.05) is 18.1 Å². The summed E-state index contributed by atoms with van der Waals surface area (Å²) in [6.45, 7) is 6.63. The van der Waals surface area contributed by atoms with Gasteiger partial charge in [0.05, 0.1) is 0 Å². The molecule has 170 valence electrons. The van der Waals surface area contributed by atoms with E-state index >= 15 is 0 Å². The smallest absolute Gasteiger partial charge is 0.272 e. The maximum atomic E-state index is 12.7. The summed E-state index contributed by atoms with van der Waals surface area (Å²) < 4.78 is 3.51. The monoisotopic (exact) mass is 470 g/mol.